The maximum absolute atomic E-state index is 9.56. The summed E-state index contributed by atoms with van der Waals surface area (Å²) < 4.78 is 6.83. The molecule has 0 bridgehead atoms. The van der Waals surface area contributed by atoms with Crippen LogP contribution >= 0.6 is 15.9 Å². The molecular formula is C16H22BrNO2. The van der Waals surface area contributed by atoms with E-state index >= 15 is 0 Å². The Hall–Kier alpha value is -0.580. The van der Waals surface area contributed by atoms with Crippen LogP contribution in [0.5, 0.6) is 5.75 Å². The summed E-state index contributed by atoms with van der Waals surface area (Å²) in [6, 6.07) is 6.63. The lowest BCUT2D eigenvalue weighted by Gasteiger charge is -2.30. The zero-order valence-electron chi connectivity index (χ0n) is 11.6. The Balaban J connectivity index is 1.60. The van der Waals surface area contributed by atoms with E-state index in [2.05, 4.69) is 27.3 Å². The smallest absolute Gasteiger partial charge is 0.124 e. The lowest BCUT2D eigenvalue weighted by atomic mass is 9.87. The zero-order valence-corrected chi connectivity index (χ0v) is 13.2. The van der Waals surface area contributed by atoms with Crippen LogP contribution < -0.4 is 10.1 Å². The number of fused-ring (bicyclic) bond motifs is 1. The van der Waals surface area contributed by atoms with E-state index in [-0.39, 0.29) is 6.10 Å². The Morgan fingerprint density at radius 2 is 2.00 bits per heavy atom. The summed E-state index contributed by atoms with van der Waals surface area (Å²) in [7, 11) is 0. The molecule has 110 valence electrons. The number of aliphatic hydroxyl groups is 1. The molecule has 3 rings (SSSR count). The van der Waals surface area contributed by atoms with Gasteiger partial charge in [-0.05, 0) is 56.3 Å². The van der Waals surface area contributed by atoms with Crippen molar-refractivity contribution in [2.24, 2.45) is 5.92 Å². The molecule has 3 nitrogen and oxygen atoms in total. The van der Waals surface area contributed by atoms with Crippen LogP contribution in [0, 0.1) is 5.92 Å². The predicted octanol–water partition coefficient (Wildman–Crippen LogP) is 3.41. The normalized spacial score (nSPS) is 29.6. The van der Waals surface area contributed by atoms with Gasteiger partial charge in [-0.3, -0.25) is 0 Å². The molecule has 0 aromatic heterocycles. The molecule has 2 N–H and O–H groups in total. The lowest BCUT2D eigenvalue weighted by Crippen LogP contribution is -2.33. The monoisotopic (exact) mass is 339 g/mol. The van der Waals surface area contributed by atoms with Crippen molar-refractivity contribution in [3.05, 3.63) is 28.2 Å². The topological polar surface area (TPSA) is 41.5 Å². The number of aliphatic hydroxyl groups excluding tert-OH is 1. The molecule has 1 aliphatic carbocycles. The standard InChI is InChI=1S/C16H22BrNO2/c17-12-3-6-16-14(9-12)15(7-8-20-16)18-10-11-1-4-13(19)5-2-11/h3,6,9,11,13,15,18-19H,1-2,4-5,7-8,10H2. The average molecular weight is 340 g/mol. The van der Waals surface area contributed by atoms with E-state index < -0.39 is 0 Å². The highest BCUT2D eigenvalue weighted by atomic mass is 79.9. The number of rotatable bonds is 3. The molecule has 0 spiro atoms. The van der Waals surface area contributed by atoms with Gasteiger partial charge >= 0.3 is 0 Å². The van der Waals surface area contributed by atoms with E-state index in [1.165, 1.54) is 5.56 Å². The van der Waals surface area contributed by atoms with Crippen LogP contribution in [0.3, 0.4) is 0 Å². The second kappa shape index (κ2) is 6.46. The van der Waals surface area contributed by atoms with Gasteiger partial charge in [-0.2, -0.15) is 0 Å². The largest absolute Gasteiger partial charge is 0.493 e. The summed E-state index contributed by atoms with van der Waals surface area (Å²) in [6.07, 6.45) is 5.17. The number of benzene rings is 1. The number of halogens is 1. The fourth-order valence-corrected chi connectivity index (χ4v) is 3.61. The molecule has 1 saturated carbocycles. The van der Waals surface area contributed by atoms with Gasteiger partial charge in [0.25, 0.3) is 0 Å². The number of ether oxygens (including phenoxy) is 1. The first-order valence-electron chi connectivity index (χ1n) is 7.56. The van der Waals surface area contributed by atoms with Gasteiger partial charge in [0.15, 0.2) is 0 Å². The molecule has 2 aliphatic rings. The molecule has 1 aromatic rings. The minimum atomic E-state index is -0.0639. The Kier molecular flexibility index (Phi) is 4.64. The van der Waals surface area contributed by atoms with Gasteiger partial charge in [-0.15, -0.1) is 0 Å². The van der Waals surface area contributed by atoms with Crippen molar-refractivity contribution in [3.63, 3.8) is 0 Å². The third-order valence-corrected chi connectivity index (χ3v) is 4.97. The minimum absolute atomic E-state index is 0.0639. The first kappa shape index (κ1) is 14.4. The van der Waals surface area contributed by atoms with Gasteiger partial charge in [0.2, 0.25) is 0 Å². The summed E-state index contributed by atoms with van der Waals surface area (Å²) >= 11 is 3.54. The molecule has 0 saturated heterocycles. The van der Waals surface area contributed by atoms with E-state index in [9.17, 15) is 5.11 Å². The van der Waals surface area contributed by atoms with Crippen LogP contribution in [0.2, 0.25) is 0 Å². The number of nitrogens with one attached hydrogen (secondary N) is 1. The second-order valence-electron chi connectivity index (χ2n) is 5.95. The van der Waals surface area contributed by atoms with Crippen LogP contribution in [0.25, 0.3) is 0 Å². The molecule has 0 amide bonds. The SMILES string of the molecule is OC1CCC(CNC2CCOc3ccc(Br)cc32)CC1. The van der Waals surface area contributed by atoms with Gasteiger partial charge in [0.1, 0.15) is 5.75 Å². The summed E-state index contributed by atoms with van der Waals surface area (Å²) in [5.41, 5.74) is 1.27. The van der Waals surface area contributed by atoms with E-state index in [4.69, 9.17) is 4.74 Å². The van der Waals surface area contributed by atoms with Crippen LogP contribution in [0.15, 0.2) is 22.7 Å². The van der Waals surface area contributed by atoms with Crippen LogP contribution in [-0.2, 0) is 0 Å². The van der Waals surface area contributed by atoms with E-state index in [0.717, 1.165) is 55.5 Å². The fraction of sp³-hybridized carbons (Fsp3) is 0.625. The van der Waals surface area contributed by atoms with Crippen molar-refractivity contribution in [2.45, 2.75) is 44.2 Å². The van der Waals surface area contributed by atoms with Gasteiger partial charge < -0.3 is 15.2 Å². The predicted molar refractivity (Wildman–Crippen MR) is 83.0 cm³/mol. The third kappa shape index (κ3) is 3.35. The molecule has 4 heteroatoms. The summed E-state index contributed by atoms with van der Waals surface area (Å²) in [5.74, 6) is 1.72. The van der Waals surface area contributed by atoms with Crippen molar-refractivity contribution in [1.82, 2.24) is 5.32 Å². The van der Waals surface area contributed by atoms with Gasteiger partial charge in [-0.1, -0.05) is 15.9 Å². The number of hydrogen-bond donors (Lipinski definition) is 2. The van der Waals surface area contributed by atoms with Crippen molar-refractivity contribution in [3.8, 4) is 5.75 Å². The first-order chi connectivity index (χ1) is 9.72. The maximum atomic E-state index is 9.56. The van der Waals surface area contributed by atoms with Gasteiger partial charge in [-0.25, -0.2) is 0 Å². The Bertz CT molecular complexity index is 458. The first-order valence-corrected chi connectivity index (χ1v) is 8.35. The van der Waals surface area contributed by atoms with Crippen molar-refractivity contribution >= 4 is 15.9 Å². The van der Waals surface area contributed by atoms with E-state index in [1.807, 2.05) is 12.1 Å². The van der Waals surface area contributed by atoms with Crippen molar-refractivity contribution < 1.29 is 9.84 Å². The Morgan fingerprint density at radius 1 is 1.20 bits per heavy atom. The average Bonchev–Trinajstić information content (AvgIpc) is 2.47. The molecule has 1 aromatic carbocycles. The summed E-state index contributed by atoms with van der Waals surface area (Å²) in [5, 5.41) is 13.3. The molecule has 0 radical (unpaired) electrons. The molecule has 1 aliphatic heterocycles. The van der Waals surface area contributed by atoms with Crippen molar-refractivity contribution in [2.75, 3.05) is 13.2 Å². The van der Waals surface area contributed by atoms with Crippen LogP contribution in [-0.4, -0.2) is 24.4 Å². The van der Waals surface area contributed by atoms with E-state index in [1.54, 1.807) is 0 Å². The molecule has 1 unspecified atom stereocenters. The summed E-state index contributed by atoms with van der Waals surface area (Å²) in [6.45, 7) is 1.83. The summed E-state index contributed by atoms with van der Waals surface area (Å²) in [4.78, 5) is 0. The zero-order chi connectivity index (χ0) is 13.9. The Labute approximate surface area is 128 Å². The van der Waals surface area contributed by atoms with E-state index in [0.29, 0.717) is 12.0 Å². The lowest BCUT2D eigenvalue weighted by molar-refractivity contribution is 0.107. The number of hydrogen-bond acceptors (Lipinski definition) is 3. The maximum Gasteiger partial charge on any atom is 0.124 e. The van der Waals surface area contributed by atoms with Crippen LogP contribution in [0.4, 0.5) is 0 Å². The quantitative estimate of drug-likeness (QED) is 0.886. The highest BCUT2D eigenvalue weighted by Gasteiger charge is 2.24. The highest BCUT2D eigenvalue weighted by molar-refractivity contribution is 9.10. The molecule has 1 heterocycles. The molecule has 20 heavy (non-hydrogen) atoms. The highest BCUT2D eigenvalue weighted by Crippen LogP contribution is 2.34. The van der Waals surface area contributed by atoms with Crippen molar-refractivity contribution in [1.29, 1.82) is 0 Å². The minimum Gasteiger partial charge on any atom is -0.493 e. The Morgan fingerprint density at radius 3 is 2.80 bits per heavy atom. The molecule has 1 atom stereocenters. The van der Waals surface area contributed by atoms with Gasteiger partial charge in [0, 0.05) is 22.5 Å². The third-order valence-electron chi connectivity index (χ3n) is 4.48. The van der Waals surface area contributed by atoms with Gasteiger partial charge in [0.05, 0.1) is 12.7 Å². The fourth-order valence-electron chi connectivity index (χ4n) is 3.24. The van der Waals surface area contributed by atoms with Crippen LogP contribution in [0.1, 0.15) is 43.7 Å². The molecular weight excluding hydrogens is 318 g/mol. The second-order valence-corrected chi connectivity index (χ2v) is 6.87. The molecule has 1 fully saturated rings.